The number of amides is 1. The maximum absolute atomic E-state index is 12.7. The molecule has 1 aromatic carbocycles. The van der Waals surface area contributed by atoms with Gasteiger partial charge in [0, 0.05) is 23.2 Å². The maximum atomic E-state index is 12.7. The maximum Gasteiger partial charge on any atom is 0.266 e. The number of benzene rings is 1. The van der Waals surface area contributed by atoms with E-state index in [4.69, 9.17) is 11.6 Å². The van der Waals surface area contributed by atoms with E-state index in [2.05, 4.69) is 4.98 Å². The van der Waals surface area contributed by atoms with Crippen LogP contribution in [-0.2, 0) is 0 Å². The Bertz CT molecular complexity index is 697. The number of thiazole rings is 1. The molecule has 6 heteroatoms. The first-order chi connectivity index (χ1) is 10.6. The van der Waals surface area contributed by atoms with Crippen LogP contribution in [0, 0.1) is 6.92 Å². The van der Waals surface area contributed by atoms with Gasteiger partial charge in [-0.05, 0) is 31.9 Å². The molecular formula is C16H17ClN2O2S. The molecule has 1 aliphatic carbocycles. The number of aromatic nitrogens is 1. The van der Waals surface area contributed by atoms with E-state index in [0.717, 1.165) is 29.1 Å². The summed E-state index contributed by atoms with van der Waals surface area (Å²) in [5.74, 6) is -0.0279. The number of rotatable bonds is 5. The average Bonchev–Trinajstić information content (AvgIpc) is 3.26. The summed E-state index contributed by atoms with van der Waals surface area (Å²) in [6.45, 7) is 2.22. The topological polar surface area (TPSA) is 53.4 Å². The third-order valence-corrected chi connectivity index (χ3v) is 5.08. The molecule has 4 nitrogen and oxygen atoms in total. The fourth-order valence-corrected chi connectivity index (χ4v) is 3.62. The molecule has 2 aromatic rings. The van der Waals surface area contributed by atoms with Crippen molar-refractivity contribution in [3.8, 4) is 10.6 Å². The first kappa shape index (κ1) is 15.5. The molecule has 0 spiro atoms. The normalized spacial score (nSPS) is 14.1. The molecule has 0 atom stereocenters. The van der Waals surface area contributed by atoms with E-state index in [1.807, 2.05) is 31.2 Å². The largest absolute Gasteiger partial charge is 0.395 e. The Labute approximate surface area is 138 Å². The van der Waals surface area contributed by atoms with Crippen LogP contribution in [0.4, 0.5) is 0 Å². The van der Waals surface area contributed by atoms with E-state index in [-0.39, 0.29) is 18.6 Å². The fourth-order valence-electron chi connectivity index (χ4n) is 2.41. The van der Waals surface area contributed by atoms with E-state index in [0.29, 0.717) is 16.4 Å². The van der Waals surface area contributed by atoms with Gasteiger partial charge in [0.2, 0.25) is 0 Å². The van der Waals surface area contributed by atoms with E-state index in [1.54, 1.807) is 4.90 Å². The third-order valence-electron chi connectivity index (χ3n) is 3.65. The molecule has 3 rings (SSSR count). The van der Waals surface area contributed by atoms with Crippen molar-refractivity contribution in [1.82, 2.24) is 9.88 Å². The van der Waals surface area contributed by atoms with Crippen molar-refractivity contribution in [3.63, 3.8) is 0 Å². The van der Waals surface area contributed by atoms with E-state index in [9.17, 15) is 9.90 Å². The molecule has 1 amide bonds. The van der Waals surface area contributed by atoms with Crippen molar-refractivity contribution in [2.75, 3.05) is 13.2 Å². The van der Waals surface area contributed by atoms with Gasteiger partial charge in [-0.25, -0.2) is 4.98 Å². The molecule has 1 aliphatic rings. The Morgan fingerprint density at radius 3 is 2.91 bits per heavy atom. The molecule has 0 aliphatic heterocycles. The number of aliphatic hydroxyl groups is 1. The molecule has 1 fully saturated rings. The summed E-state index contributed by atoms with van der Waals surface area (Å²) in [4.78, 5) is 19.6. The van der Waals surface area contributed by atoms with E-state index >= 15 is 0 Å². The number of nitrogens with zero attached hydrogens (tertiary/aromatic N) is 2. The van der Waals surface area contributed by atoms with Gasteiger partial charge in [-0.3, -0.25) is 4.79 Å². The number of carbonyl (C=O) groups is 1. The number of halogens is 1. The lowest BCUT2D eigenvalue weighted by molar-refractivity contribution is 0.0711. The molecule has 1 aromatic heterocycles. The van der Waals surface area contributed by atoms with Crippen molar-refractivity contribution in [2.24, 2.45) is 0 Å². The summed E-state index contributed by atoms with van der Waals surface area (Å²) in [7, 11) is 0. The summed E-state index contributed by atoms with van der Waals surface area (Å²) >= 11 is 7.41. The van der Waals surface area contributed by atoms with Crippen molar-refractivity contribution in [2.45, 2.75) is 25.8 Å². The minimum Gasteiger partial charge on any atom is -0.395 e. The minimum absolute atomic E-state index is 0.0127. The highest BCUT2D eigenvalue weighted by atomic mass is 35.5. The second-order valence-electron chi connectivity index (χ2n) is 5.40. The smallest absolute Gasteiger partial charge is 0.266 e. The van der Waals surface area contributed by atoms with Crippen molar-refractivity contribution < 1.29 is 9.90 Å². The standard InChI is InChI=1S/C16H17ClN2O2S/c1-10-14(16(21)19(7-8-20)13-5-6-13)22-15(18-10)11-3-2-4-12(17)9-11/h2-4,9,13,20H,5-8H2,1H3. The van der Waals surface area contributed by atoms with Crippen LogP contribution in [0.25, 0.3) is 10.6 Å². The summed E-state index contributed by atoms with van der Waals surface area (Å²) in [5, 5.41) is 10.6. The van der Waals surface area contributed by atoms with Crippen molar-refractivity contribution in [3.05, 3.63) is 39.9 Å². The Morgan fingerprint density at radius 1 is 1.50 bits per heavy atom. The number of hydrogen-bond acceptors (Lipinski definition) is 4. The van der Waals surface area contributed by atoms with E-state index in [1.165, 1.54) is 11.3 Å². The molecule has 1 saturated carbocycles. The van der Waals surface area contributed by atoms with Crippen LogP contribution in [0.5, 0.6) is 0 Å². The number of aryl methyl sites for hydroxylation is 1. The second kappa shape index (κ2) is 6.36. The lowest BCUT2D eigenvalue weighted by atomic mass is 10.2. The second-order valence-corrected chi connectivity index (χ2v) is 6.83. The summed E-state index contributed by atoms with van der Waals surface area (Å²) in [5.41, 5.74) is 1.65. The molecular weight excluding hydrogens is 320 g/mol. The Morgan fingerprint density at radius 2 is 2.27 bits per heavy atom. The van der Waals surface area contributed by atoms with Gasteiger partial charge in [-0.1, -0.05) is 23.7 Å². The average molecular weight is 337 g/mol. The van der Waals surface area contributed by atoms with Crippen molar-refractivity contribution >= 4 is 28.8 Å². The zero-order valence-electron chi connectivity index (χ0n) is 12.3. The van der Waals surface area contributed by atoms with Crippen LogP contribution in [0.15, 0.2) is 24.3 Å². The highest BCUT2D eigenvalue weighted by Crippen LogP contribution is 2.33. The van der Waals surface area contributed by atoms with Gasteiger partial charge in [0.1, 0.15) is 9.88 Å². The Hall–Kier alpha value is -1.43. The summed E-state index contributed by atoms with van der Waals surface area (Å²) in [6.07, 6.45) is 2.04. The molecule has 22 heavy (non-hydrogen) atoms. The Kier molecular flexibility index (Phi) is 4.47. The minimum atomic E-state index is -0.0279. The zero-order valence-corrected chi connectivity index (χ0v) is 13.8. The van der Waals surface area contributed by atoms with E-state index < -0.39 is 0 Å². The van der Waals surface area contributed by atoms with Gasteiger partial charge in [0.25, 0.3) is 5.91 Å². The molecule has 0 unspecified atom stereocenters. The van der Waals surface area contributed by atoms with Crippen molar-refractivity contribution in [1.29, 1.82) is 0 Å². The number of hydrogen-bond donors (Lipinski definition) is 1. The monoisotopic (exact) mass is 336 g/mol. The predicted octanol–water partition coefficient (Wildman–Crippen LogP) is 3.37. The SMILES string of the molecule is Cc1nc(-c2cccc(Cl)c2)sc1C(=O)N(CCO)C1CC1. The molecule has 116 valence electrons. The molecule has 0 radical (unpaired) electrons. The van der Waals surface area contributed by atoms with Gasteiger partial charge in [0.15, 0.2) is 0 Å². The third kappa shape index (κ3) is 3.16. The first-order valence-corrected chi connectivity index (χ1v) is 8.45. The van der Waals surface area contributed by atoms with Gasteiger partial charge in [0.05, 0.1) is 12.3 Å². The highest BCUT2D eigenvalue weighted by molar-refractivity contribution is 7.17. The lowest BCUT2D eigenvalue weighted by Gasteiger charge is -2.20. The van der Waals surface area contributed by atoms with Crippen LogP contribution in [0.1, 0.15) is 28.2 Å². The predicted molar refractivity (Wildman–Crippen MR) is 88.4 cm³/mol. The summed E-state index contributed by atoms with van der Waals surface area (Å²) < 4.78 is 0. The van der Waals surface area contributed by atoms with Crippen LogP contribution < -0.4 is 0 Å². The van der Waals surface area contributed by atoms with Gasteiger partial charge >= 0.3 is 0 Å². The lowest BCUT2D eigenvalue weighted by Crippen LogP contribution is -2.35. The quantitative estimate of drug-likeness (QED) is 0.910. The fraction of sp³-hybridized carbons (Fsp3) is 0.375. The van der Waals surface area contributed by atoms with Gasteiger partial charge < -0.3 is 10.0 Å². The Balaban J connectivity index is 1.90. The van der Waals surface area contributed by atoms with Crippen LogP contribution in [-0.4, -0.2) is 40.1 Å². The van der Waals surface area contributed by atoms with Gasteiger partial charge in [-0.15, -0.1) is 11.3 Å². The number of aliphatic hydroxyl groups excluding tert-OH is 1. The highest BCUT2D eigenvalue weighted by Gasteiger charge is 2.34. The molecule has 0 bridgehead atoms. The number of carbonyl (C=O) groups excluding carboxylic acids is 1. The van der Waals surface area contributed by atoms with Gasteiger partial charge in [-0.2, -0.15) is 0 Å². The van der Waals surface area contributed by atoms with Crippen LogP contribution >= 0.6 is 22.9 Å². The molecule has 0 saturated heterocycles. The summed E-state index contributed by atoms with van der Waals surface area (Å²) in [6, 6.07) is 7.74. The molecule has 1 heterocycles. The molecule has 1 N–H and O–H groups in total. The first-order valence-electron chi connectivity index (χ1n) is 7.25. The van der Waals surface area contributed by atoms with Crippen LogP contribution in [0.3, 0.4) is 0 Å². The zero-order chi connectivity index (χ0) is 15.7. The van der Waals surface area contributed by atoms with Crippen LogP contribution in [0.2, 0.25) is 5.02 Å².